The van der Waals surface area contributed by atoms with E-state index in [1.54, 1.807) is 0 Å². The third-order valence-corrected chi connectivity index (χ3v) is 5.05. The number of carbonyl (C=O) groups is 1. The van der Waals surface area contributed by atoms with E-state index in [2.05, 4.69) is 15.6 Å². The predicted octanol–water partition coefficient (Wildman–Crippen LogP) is 0.959. The topological polar surface area (TPSA) is 88.2 Å². The van der Waals surface area contributed by atoms with E-state index in [1.807, 2.05) is 6.92 Å². The molecule has 0 radical (unpaired) electrons. The molecule has 1 fully saturated rings. The number of sulfone groups is 1. The molecule has 0 bridgehead atoms. The molecule has 0 unspecified atom stereocenters. The molecule has 6 nitrogen and oxygen atoms in total. The summed E-state index contributed by atoms with van der Waals surface area (Å²) in [7, 11) is -2.98. The molecule has 1 aliphatic heterocycles. The Bertz CT molecular complexity index is 620. The number of rotatable bonds is 4. The number of nitrogens with one attached hydrogen (secondary N) is 2. The number of nitrogens with zero attached hydrogens (tertiary/aromatic N) is 1. The van der Waals surface area contributed by atoms with Crippen LogP contribution >= 0.6 is 0 Å². The van der Waals surface area contributed by atoms with Crippen LogP contribution in [-0.4, -0.2) is 43.4 Å². The lowest BCUT2D eigenvalue weighted by Gasteiger charge is -2.23. The lowest BCUT2D eigenvalue weighted by molar-refractivity contribution is 0.0934. The van der Waals surface area contributed by atoms with Crippen LogP contribution in [0.15, 0.2) is 12.3 Å². The fourth-order valence-corrected chi connectivity index (χ4v) is 3.71. The van der Waals surface area contributed by atoms with Crippen molar-refractivity contribution in [3.05, 3.63) is 23.6 Å². The Labute approximate surface area is 123 Å². The number of hydrogen-bond acceptors (Lipinski definition) is 5. The largest absolute Gasteiger partial charge is 0.370 e. The van der Waals surface area contributed by atoms with Crippen molar-refractivity contribution in [1.82, 2.24) is 10.3 Å². The molecule has 2 rings (SSSR count). The maximum atomic E-state index is 13.3. The van der Waals surface area contributed by atoms with Gasteiger partial charge in [-0.05, 0) is 25.8 Å². The summed E-state index contributed by atoms with van der Waals surface area (Å²) in [6, 6.07) is 0.915. The SMILES string of the molecule is CCNc1ncc(F)cc1C(=O)NC1CCS(=O)(=O)CC1. The molecule has 2 N–H and O–H groups in total. The van der Waals surface area contributed by atoms with Gasteiger partial charge in [0, 0.05) is 12.6 Å². The molecule has 0 spiro atoms. The molecule has 21 heavy (non-hydrogen) atoms. The normalized spacial score (nSPS) is 18.2. The highest BCUT2D eigenvalue weighted by Crippen LogP contribution is 2.16. The molecule has 2 heterocycles. The van der Waals surface area contributed by atoms with E-state index in [9.17, 15) is 17.6 Å². The zero-order valence-corrected chi connectivity index (χ0v) is 12.5. The van der Waals surface area contributed by atoms with Gasteiger partial charge in [-0.3, -0.25) is 4.79 Å². The number of aromatic nitrogens is 1. The summed E-state index contributed by atoms with van der Waals surface area (Å²) < 4.78 is 36.0. The second-order valence-electron chi connectivity index (χ2n) is 4.98. The van der Waals surface area contributed by atoms with Crippen LogP contribution in [0.25, 0.3) is 0 Å². The third-order valence-electron chi connectivity index (χ3n) is 3.33. The van der Waals surface area contributed by atoms with E-state index >= 15 is 0 Å². The number of pyridine rings is 1. The summed E-state index contributed by atoms with van der Waals surface area (Å²) in [4.78, 5) is 16.1. The van der Waals surface area contributed by atoms with Crippen LogP contribution in [-0.2, 0) is 9.84 Å². The van der Waals surface area contributed by atoms with E-state index in [1.165, 1.54) is 0 Å². The van der Waals surface area contributed by atoms with E-state index in [-0.39, 0.29) is 23.1 Å². The van der Waals surface area contributed by atoms with E-state index < -0.39 is 21.6 Å². The molecule has 0 atom stereocenters. The van der Waals surface area contributed by atoms with Gasteiger partial charge in [0.1, 0.15) is 21.5 Å². The van der Waals surface area contributed by atoms with Crippen LogP contribution in [0.2, 0.25) is 0 Å². The Balaban J connectivity index is 2.08. The van der Waals surface area contributed by atoms with Crippen molar-refractivity contribution in [2.45, 2.75) is 25.8 Å². The van der Waals surface area contributed by atoms with Crippen molar-refractivity contribution >= 4 is 21.6 Å². The van der Waals surface area contributed by atoms with Crippen LogP contribution in [0, 0.1) is 5.82 Å². The van der Waals surface area contributed by atoms with Crippen LogP contribution in [0.4, 0.5) is 10.2 Å². The maximum absolute atomic E-state index is 13.3. The van der Waals surface area contributed by atoms with Crippen LogP contribution in [0.3, 0.4) is 0 Å². The summed E-state index contributed by atoms with van der Waals surface area (Å²) >= 11 is 0. The molecule has 1 amide bonds. The van der Waals surface area contributed by atoms with Crippen LogP contribution < -0.4 is 10.6 Å². The molecule has 1 aliphatic rings. The van der Waals surface area contributed by atoms with Crippen LogP contribution in [0.5, 0.6) is 0 Å². The summed E-state index contributed by atoms with van der Waals surface area (Å²) in [5, 5.41) is 5.65. The van der Waals surface area contributed by atoms with Crippen molar-refractivity contribution in [1.29, 1.82) is 0 Å². The zero-order chi connectivity index (χ0) is 15.5. The quantitative estimate of drug-likeness (QED) is 0.864. The Hall–Kier alpha value is -1.70. The zero-order valence-electron chi connectivity index (χ0n) is 11.7. The first kappa shape index (κ1) is 15.7. The Kier molecular flexibility index (Phi) is 4.76. The van der Waals surface area contributed by atoms with Crippen LogP contribution in [0.1, 0.15) is 30.1 Å². The highest BCUT2D eigenvalue weighted by molar-refractivity contribution is 7.91. The first-order valence-electron chi connectivity index (χ1n) is 6.82. The second-order valence-corrected chi connectivity index (χ2v) is 7.28. The van der Waals surface area contributed by atoms with Crippen molar-refractivity contribution in [3.8, 4) is 0 Å². The van der Waals surface area contributed by atoms with Crippen molar-refractivity contribution in [2.75, 3.05) is 23.4 Å². The Morgan fingerprint density at radius 2 is 2.10 bits per heavy atom. The second kappa shape index (κ2) is 6.38. The fraction of sp³-hybridized carbons (Fsp3) is 0.538. The Morgan fingerprint density at radius 3 is 2.71 bits per heavy atom. The lowest BCUT2D eigenvalue weighted by atomic mass is 10.1. The van der Waals surface area contributed by atoms with Crippen molar-refractivity contribution < 1.29 is 17.6 Å². The Morgan fingerprint density at radius 1 is 1.43 bits per heavy atom. The van der Waals surface area contributed by atoms with Gasteiger partial charge >= 0.3 is 0 Å². The molecule has 1 aromatic heterocycles. The number of halogens is 1. The van der Waals surface area contributed by atoms with Gasteiger partial charge in [0.15, 0.2) is 0 Å². The molecule has 0 saturated carbocycles. The summed E-state index contributed by atoms with van der Waals surface area (Å²) in [5.74, 6) is -0.575. The molecule has 8 heteroatoms. The van der Waals surface area contributed by atoms with Gasteiger partial charge in [-0.25, -0.2) is 17.8 Å². The maximum Gasteiger partial charge on any atom is 0.255 e. The molecular formula is C13H18FN3O3S. The van der Waals surface area contributed by atoms with Gasteiger partial charge in [0.25, 0.3) is 5.91 Å². The summed E-state index contributed by atoms with van der Waals surface area (Å²) in [6.45, 7) is 2.40. The third kappa shape index (κ3) is 4.13. The first-order chi connectivity index (χ1) is 9.91. The lowest BCUT2D eigenvalue weighted by Crippen LogP contribution is -2.41. The van der Waals surface area contributed by atoms with E-state index in [0.717, 1.165) is 12.3 Å². The average Bonchev–Trinajstić information content (AvgIpc) is 2.43. The van der Waals surface area contributed by atoms with Gasteiger partial charge < -0.3 is 10.6 Å². The van der Waals surface area contributed by atoms with Gasteiger partial charge in [-0.2, -0.15) is 0 Å². The average molecular weight is 315 g/mol. The summed E-state index contributed by atoms with van der Waals surface area (Å²) in [5.41, 5.74) is 0.130. The van der Waals surface area contributed by atoms with Crippen molar-refractivity contribution in [2.24, 2.45) is 0 Å². The monoisotopic (exact) mass is 315 g/mol. The number of amides is 1. The van der Waals surface area contributed by atoms with Gasteiger partial charge in [-0.15, -0.1) is 0 Å². The molecule has 1 aromatic rings. The smallest absolute Gasteiger partial charge is 0.255 e. The summed E-state index contributed by atoms with van der Waals surface area (Å²) in [6.07, 6.45) is 1.81. The molecular weight excluding hydrogens is 297 g/mol. The van der Waals surface area contributed by atoms with Gasteiger partial charge in [0.05, 0.1) is 23.3 Å². The minimum absolute atomic E-state index is 0.0689. The molecule has 0 aromatic carbocycles. The fourth-order valence-electron chi connectivity index (χ4n) is 2.22. The number of hydrogen-bond donors (Lipinski definition) is 2. The van der Waals surface area contributed by atoms with Gasteiger partial charge in [-0.1, -0.05) is 0 Å². The minimum Gasteiger partial charge on any atom is -0.370 e. The standard InChI is InChI=1S/C13H18FN3O3S/c1-2-15-12-11(7-9(14)8-16-12)13(18)17-10-3-5-21(19,20)6-4-10/h7-8,10H,2-6H2,1H3,(H,15,16)(H,17,18). The molecule has 1 saturated heterocycles. The number of carbonyl (C=O) groups excluding carboxylic acids is 1. The number of anilines is 1. The first-order valence-corrected chi connectivity index (χ1v) is 8.64. The van der Waals surface area contributed by atoms with E-state index in [4.69, 9.17) is 0 Å². The predicted molar refractivity (Wildman–Crippen MR) is 77.5 cm³/mol. The molecule has 116 valence electrons. The van der Waals surface area contributed by atoms with E-state index in [0.29, 0.717) is 25.2 Å². The van der Waals surface area contributed by atoms with Gasteiger partial charge in [0.2, 0.25) is 0 Å². The molecule has 0 aliphatic carbocycles. The highest BCUT2D eigenvalue weighted by Gasteiger charge is 2.25. The minimum atomic E-state index is -2.98. The van der Waals surface area contributed by atoms with Crippen molar-refractivity contribution in [3.63, 3.8) is 0 Å². The highest BCUT2D eigenvalue weighted by atomic mass is 32.2.